The largest absolute Gasteiger partial charge is 0.507 e. The van der Waals surface area contributed by atoms with E-state index >= 15 is 0 Å². The Balaban J connectivity index is 0.950. The molecule has 4 heteroatoms. The molecular weight excluding hydrogens is 965 g/mol. The summed E-state index contributed by atoms with van der Waals surface area (Å²) in [7, 11) is 0. The van der Waals surface area contributed by atoms with Gasteiger partial charge in [0, 0.05) is 71.1 Å². The Bertz CT molecular complexity index is 4490. The number of aryl methyl sites for hydroxylation is 7. The summed E-state index contributed by atoms with van der Waals surface area (Å²) in [4.78, 5) is 2.55. The van der Waals surface area contributed by atoms with Crippen molar-refractivity contribution in [2.45, 2.75) is 66.7 Å². The third-order valence-corrected chi connectivity index (χ3v) is 18.1. The molecular formula is C74H60N2OS. The summed E-state index contributed by atoms with van der Waals surface area (Å²) in [6.07, 6.45) is 7.96. The van der Waals surface area contributed by atoms with Gasteiger partial charge in [0.15, 0.2) is 0 Å². The van der Waals surface area contributed by atoms with Crippen molar-refractivity contribution in [2.75, 3.05) is 4.90 Å². The van der Waals surface area contributed by atoms with E-state index in [4.69, 9.17) is 0 Å². The first-order chi connectivity index (χ1) is 38.0. The highest BCUT2D eigenvalue weighted by Gasteiger charge is 2.41. The smallest absolute Gasteiger partial charge is 0.123 e. The van der Waals surface area contributed by atoms with Crippen LogP contribution in [0.2, 0.25) is 0 Å². The Hall–Kier alpha value is -8.70. The van der Waals surface area contributed by atoms with E-state index in [1.807, 2.05) is 29.5 Å². The van der Waals surface area contributed by atoms with Crippen LogP contribution in [0.5, 0.6) is 5.75 Å². The minimum absolute atomic E-state index is 0.0689. The highest BCUT2D eigenvalue weighted by atomic mass is 32.1. The van der Waals surface area contributed by atoms with Gasteiger partial charge in [-0.1, -0.05) is 145 Å². The van der Waals surface area contributed by atoms with Crippen LogP contribution in [0.1, 0.15) is 68.8 Å². The summed E-state index contributed by atoms with van der Waals surface area (Å²) in [6, 6.07) is 70.2. The molecule has 0 radical (unpaired) electrons. The van der Waals surface area contributed by atoms with E-state index < -0.39 is 0 Å². The third-order valence-electron chi connectivity index (χ3n) is 17.0. The number of aromatic hydroxyl groups is 1. The number of allylic oxidation sites excluding steroid dienone is 4. The average molecular weight is 1030 g/mol. The normalized spacial score (nSPS) is 15.0. The molecule has 3 nitrogen and oxygen atoms in total. The third kappa shape index (κ3) is 7.60. The molecule has 3 heterocycles. The lowest BCUT2D eigenvalue weighted by Crippen LogP contribution is -2.18. The fourth-order valence-electron chi connectivity index (χ4n) is 13.9. The number of phenols is 1. The van der Waals surface area contributed by atoms with Gasteiger partial charge in [0.25, 0.3) is 0 Å². The Morgan fingerprint density at radius 2 is 1.18 bits per heavy atom. The molecule has 1 aliphatic carbocycles. The number of hydrogen-bond donors (Lipinski definition) is 1. The van der Waals surface area contributed by atoms with Gasteiger partial charge in [-0.15, -0.1) is 11.3 Å². The molecule has 12 aromatic rings. The molecule has 2 atom stereocenters. The molecule has 2 aromatic heterocycles. The maximum atomic E-state index is 11.2. The zero-order valence-electron chi connectivity index (χ0n) is 45.2. The van der Waals surface area contributed by atoms with Gasteiger partial charge >= 0.3 is 0 Å². The van der Waals surface area contributed by atoms with E-state index in [0.717, 1.165) is 34.3 Å². The number of thiophene rings is 1. The van der Waals surface area contributed by atoms with Crippen LogP contribution in [0.4, 0.5) is 11.4 Å². The molecule has 0 spiro atoms. The predicted molar refractivity (Wildman–Crippen MR) is 333 cm³/mol. The number of fused-ring (bicyclic) bond motifs is 9. The Morgan fingerprint density at radius 3 is 1.95 bits per heavy atom. The molecule has 0 saturated heterocycles. The summed E-state index contributed by atoms with van der Waals surface area (Å²) in [5, 5.41) is 16.3. The second kappa shape index (κ2) is 18.5. The minimum atomic E-state index is 0.0689. The lowest BCUT2D eigenvalue weighted by atomic mass is 9.77. The topological polar surface area (TPSA) is 28.4 Å². The van der Waals surface area contributed by atoms with Crippen LogP contribution >= 0.6 is 11.3 Å². The van der Waals surface area contributed by atoms with Crippen LogP contribution in [-0.2, 0) is 6.42 Å². The van der Waals surface area contributed by atoms with Gasteiger partial charge in [0.2, 0.25) is 0 Å². The van der Waals surface area contributed by atoms with Gasteiger partial charge in [-0.3, -0.25) is 0 Å². The number of para-hydroxylation sites is 1. The summed E-state index contributed by atoms with van der Waals surface area (Å²) in [5.41, 5.74) is 28.0. The zero-order chi connectivity index (χ0) is 53.1. The summed E-state index contributed by atoms with van der Waals surface area (Å²) in [5.74, 6) is 0.433. The maximum Gasteiger partial charge on any atom is 0.123 e. The van der Waals surface area contributed by atoms with Gasteiger partial charge in [0.05, 0.1) is 11.0 Å². The van der Waals surface area contributed by atoms with Crippen molar-refractivity contribution < 1.29 is 5.11 Å². The fourth-order valence-corrected chi connectivity index (χ4v) is 15.0. The number of anilines is 2. The monoisotopic (exact) mass is 1020 g/mol. The second-order valence-corrected chi connectivity index (χ2v) is 23.1. The Labute approximate surface area is 461 Å². The zero-order valence-corrected chi connectivity index (χ0v) is 46.1. The Kier molecular flexibility index (Phi) is 11.3. The van der Waals surface area contributed by atoms with Crippen molar-refractivity contribution in [1.29, 1.82) is 0 Å². The number of hydrogen-bond acceptors (Lipinski definition) is 3. The number of rotatable bonds is 8. The quantitative estimate of drug-likeness (QED) is 0.164. The van der Waals surface area contributed by atoms with Crippen LogP contribution < -0.4 is 4.90 Å². The van der Waals surface area contributed by atoms with Crippen molar-refractivity contribution in [3.63, 3.8) is 0 Å². The van der Waals surface area contributed by atoms with Gasteiger partial charge in [0.1, 0.15) is 5.75 Å². The number of benzene rings is 10. The fraction of sp³-hybridized carbons (Fsp3) is 0.135. The first-order valence-electron chi connectivity index (χ1n) is 27.5. The summed E-state index contributed by atoms with van der Waals surface area (Å²) >= 11 is 1.87. The molecule has 0 saturated carbocycles. The second-order valence-electron chi connectivity index (χ2n) is 22.0. The maximum absolute atomic E-state index is 11.2. The van der Waals surface area contributed by atoms with Gasteiger partial charge in [-0.25, -0.2) is 0 Å². The van der Waals surface area contributed by atoms with Gasteiger partial charge < -0.3 is 14.6 Å². The van der Waals surface area contributed by atoms with Crippen molar-refractivity contribution >= 4 is 64.7 Å². The van der Waals surface area contributed by atoms with E-state index in [9.17, 15) is 5.11 Å². The standard InChI is InChI=1S/C74H60N2OS/c1-8-49-26-29-54(41-60(49)58-18-9-11-24-68(58)77)75-64-31-27-52(71-45(4)34-43(2)35-46(71)5)39-62(64)73-56(20-14-22-66(73)75)50-16-13-17-51(38-50)57-21-15-23-67-74(57)63-40-53(72-47(6)36-44(3)37-48(72)7)28-32-65(63)76(67)55-30-33-70-61(42-55)59-19-10-12-25-69(59)78-70/h9-42,57,74,77H,8H2,1-7H3. The average Bonchev–Trinajstić information content (AvgIpc) is 4.33. The summed E-state index contributed by atoms with van der Waals surface area (Å²) in [6.45, 7) is 15.6. The van der Waals surface area contributed by atoms with Crippen LogP contribution in [-0.4, -0.2) is 9.67 Å². The molecule has 378 valence electrons. The van der Waals surface area contributed by atoms with Crippen molar-refractivity contribution in [3.05, 3.63) is 262 Å². The van der Waals surface area contributed by atoms with Crippen LogP contribution in [0.3, 0.4) is 0 Å². The predicted octanol–water partition coefficient (Wildman–Crippen LogP) is 20.4. The first-order valence-corrected chi connectivity index (χ1v) is 28.3. The van der Waals surface area contributed by atoms with Crippen molar-refractivity contribution in [3.8, 4) is 55.9 Å². The lowest BCUT2D eigenvalue weighted by Gasteiger charge is -2.29. The van der Waals surface area contributed by atoms with E-state index in [1.54, 1.807) is 6.07 Å². The Morgan fingerprint density at radius 1 is 0.500 bits per heavy atom. The van der Waals surface area contributed by atoms with Crippen molar-refractivity contribution in [1.82, 2.24) is 4.57 Å². The highest BCUT2D eigenvalue weighted by Crippen LogP contribution is 2.57. The molecule has 2 aliphatic rings. The van der Waals surface area contributed by atoms with Gasteiger partial charge in [-0.05, 0) is 205 Å². The molecule has 10 aromatic carbocycles. The van der Waals surface area contributed by atoms with E-state index in [1.165, 1.54) is 131 Å². The SMILES string of the molecule is CCc1ccc(-n2c3ccc(-c4c(C)cc(C)cc4C)cc3c3c(-c4cccc(C5C=CC=C6C5c5cc(-c7c(C)cc(C)cc7C)ccc5N6c5ccc6sc7ccccc7c6c5)c4)cccc32)cc1-c1ccccc1O. The van der Waals surface area contributed by atoms with E-state index in [-0.39, 0.29) is 17.6 Å². The van der Waals surface area contributed by atoms with Crippen LogP contribution in [0.15, 0.2) is 212 Å². The molecule has 78 heavy (non-hydrogen) atoms. The van der Waals surface area contributed by atoms with Crippen molar-refractivity contribution in [2.24, 2.45) is 0 Å². The van der Waals surface area contributed by atoms with E-state index in [0.29, 0.717) is 0 Å². The first kappa shape index (κ1) is 47.7. The molecule has 0 fully saturated rings. The molecule has 0 amide bonds. The molecule has 1 N–H and O–H groups in total. The molecule has 14 rings (SSSR count). The molecule has 1 aliphatic heterocycles. The van der Waals surface area contributed by atoms with Gasteiger partial charge in [-0.2, -0.15) is 0 Å². The lowest BCUT2D eigenvalue weighted by molar-refractivity contribution is 0.477. The van der Waals surface area contributed by atoms with Crippen LogP contribution in [0.25, 0.3) is 92.2 Å². The summed E-state index contributed by atoms with van der Waals surface area (Å²) < 4.78 is 5.07. The number of phenolic OH excluding ortho intramolecular Hbond substituents is 1. The highest BCUT2D eigenvalue weighted by molar-refractivity contribution is 7.25. The number of aromatic nitrogens is 1. The molecule has 0 bridgehead atoms. The number of nitrogens with zero attached hydrogens (tertiary/aromatic N) is 2. The van der Waals surface area contributed by atoms with Crippen LogP contribution in [0, 0.1) is 41.5 Å². The minimum Gasteiger partial charge on any atom is -0.507 e. The van der Waals surface area contributed by atoms with E-state index in [2.05, 4.69) is 240 Å². The molecule has 2 unspecified atom stereocenters.